The largest absolute Gasteiger partial charge is 0.471 e. The zero-order valence-electron chi connectivity index (χ0n) is 17.8. The summed E-state index contributed by atoms with van der Waals surface area (Å²) in [6.45, 7) is 9.38. The van der Waals surface area contributed by atoms with Crippen LogP contribution in [0, 0.1) is 28.6 Å². The second-order valence-corrected chi connectivity index (χ2v) is 9.62. The molecule has 3 aliphatic rings. The summed E-state index contributed by atoms with van der Waals surface area (Å²) >= 11 is 0. The first-order chi connectivity index (χ1) is 13.4. The van der Waals surface area contributed by atoms with E-state index in [1.807, 2.05) is 0 Å². The Morgan fingerprint density at radius 3 is 2.34 bits per heavy atom. The van der Waals surface area contributed by atoms with Crippen LogP contribution in [0.1, 0.15) is 65.2 Å². The molecule has 0 aromatic heterocycles. The topological polar surface area (TPSA) is 69.6 Å². The Morgan fingerprint density at radius 1 is 1.17 bits per heavy atom. The molecule has 3 fully saturated rings. The van der Waals surface area contributed by atoms with E-state index in [0.29, 0.717) is 11.3 Å². The summed E-state index contributed by atoms with van der Waals surface area (Å²) in [7, 11) is 0.926. The molecule has 0 aliphatic heterocycles. The molecule has 1 amide bonds. The van der Waals surface area contributed by atoms with Gasteiger partial charge in [0.1, 0.15) is 0 Å². The normalized spacial score (nSPS) is 39.9. The van der Waals surface area contributed by atoms with Gasteiger partial charge in [-0.2, -0.15) is 13.2 Å². The van der Waals surface area contributed by atoms with Gasteiger partial charge in [0.2, 0.25) is 0 Å². The molecule has 0 heterocycles. The number of aliphatic hydroxyl groups excluding tert-OH is 2. The lowest BCUT2D eigenvalue weighted by Crippen LogP contribution is -2.46. The summed E-state index contributed by atoms with van der Waals surface area (Å²) in [5.41, 5.74) is 2.09. The van der Waals surface area contributed by atoms with E-state index < -0.39 is 12.1 Å². The van der Waals surface area contributed by atoms with Crippen molar-refractivity contribution in [2.75, 3.05) is 13.7 Å². The first-order valence-electron chi connectivity index (χ1n) is 10.6. The Kier molecular flexibility index (Phi) is 7.48. The van der Waals surface area contributed by atoms with Crippen LogP contribution in [0.15, 0.2) is 12.2 Å². The Labute approximate surface area is 171 Å². The highest BCUT2D eigenvalue weighted by atomic mass is 19.4. The van der Waals surface area contributed by atoms with Gasteiger partial charge in [-0.05, 0) is 80.0 Å². The SMILES string of the molecule is C=C1CCC2CC(C3(C)CCC(O)CC3CO)CCC12C.CNC(=O)C(F)(F)F. The third-order valence-corrected chi connectivity index (χ3v) is 8.23. The van der Waals surface area contributed by atoms with Crippen LogP contribution < -0.4 is 5.32 Å². The maximum atomic E-state index is 11.0. The number of hydrogen-bond acceptors (Lipinski definition) is 3. The fourth-order valence-corrected chi connectivity index (χ4v) is 5.89. The lowest BCUT2D eigenvalue weighted by atomic mass is 9.53. The number of amides is 1. The van der Waals surface area contributed by atoms with Crippen molar-refractivity contribution in [1.82, 2.24) is 5.32 Å². The third-order valence-electron chi connectivity index (χ3n) is 8.23. The number of nitrogens with one attached hydrogen (secondary N) is 1. The summed E-state index contributed by atoms with van der Waals surface area (Å²) < 4.78 is 33.1. The number of halogens is 3. The van der Waals surface area contributed by atoms with Gasteiger partial charge in [0, 0.05) is 13.7 Å². The number of rotatable bonds is 2. The van der Waals surface area contributed by atoms with Gasteiger partial charge in [-0.1, -0.05) is 26.0 Å². The summed E-state index contributed by atoms with van der Waals surface area (Å²) in [5, 5.41) is 21.2. The summed E-state index contributed by atoms with van der Waals surface area (Å²) in [6.07, 6.45) is 4.22. The molecule has 0 spiro atoms. The van der Waals surface area contributed by atoms with Gasteiger partial charge >= 0.3 is 12.1 Å². The molecule has 3 N–H and O–H groups in total. The van der Waals surface area contributed by atoms with Gasteiger partial charge in [0.15, 0.2) is 0 Å². The van der Waals surface area contributed by atoms with Crippen LogP contribution in [0.3, 0.4) is 0 Å². The fraction of sp³-hybridized carbons (Fsp3) is 0.864. The predicted octanol–water partition coefficient (Wildman–Crippen LogP) is 4.21. The van der Waals surface area contributed by atoms with Crippen LogP contribution in [0.5, 0.6) is 0 Å². The Hall–Kier alpha value is -1.08. The Morgan fingerprint density at radius 2 is 1.83 bits per heavy atom. The van der Waals surface area contributed by atoms with E-state index in [2.05, 4.69) is 20.4 Å². The minimum absolute atomic E-state index is 0.199. The quantitative estimate of drug-likeness (QED) is 0.587. The van der Waals surface area contributed by atoms with E-state index in [1.54, 1.807) is 0 Å². The van der Waals surface area contributed by atoms with Crippen LogP contribution in [0.2, 0.25) is 0 Å². The van der Waals surface area contributed by atoms with Crippen molar-refractivity contribution in [2.24, 2.45) is 28.6 Å². The second kappa shape index (κ2) is 8.96. The molecule has 4 nitrogen and oxygen atoms in total. The van der Waals surface area contributed by atoms with Gasteiger partial charge in [0.05, 0.1) is 6.10 Å². The zero-order chi connectivity index (χ0) is 22.0. The molecular weight excluding hydrogens is 383 g/mol. The molecule has 29 heavy (non-hydrogen) atoms. The van der Waals surface area contributed by atoms with Gasteiger partial charge < -0.3 is 15.5 Å². The molecule has 0 aromatic rings. The van der Waals surface area contributed by atoms with Crippen molar-refractivity contribution >= 4 is 5.91 Å². The molecule has 3 aliphatic carbocycles. The molecule has 3 saturated carbocycles. The van der Waals surface area contributed by atoms with Crippen molar-refractivity contribution in [3.8, 4) is 0 Å². The van der Waals surface area contributed by atoms with E-state index >= 15 is 0 Å². The van der Waals surface area contributed by atoms with E-state index in [-0.39, 0.29) is 24.0 Å². The highest BCUT2D eigenvalue weighted by Crippen LogP contribution is 2.61. The van der Waals surface area contributed by atoms with Crippen LogP contribution in [0.4, 0.5) is 13.2 Å². The first kappa shape index (κ1) is 24.2. The van der Waals surface area contributed by atoms with Crippen molar-refractivity contribution in [3.05, 3.63) is 12.2 Å². The standard InChI is InChI=1S/C19H32O2.C3H4F3NO/c1-13-4-5-14-10-15(6-8-18(13,14)2)19(3)9-7-17(21)11-16(19)12-20;1-7-2(8)3(4,5)6/h14-17,20-21H,1,4-12H2,2-3H3;1H3,(H,7,8). The molecule has 6 unspecified atom stereocenters. The smallest absolute Gasteiger partial charge is 0.396 e. The molecule has 0 bridgehead atoms. The lowest BCUT2D eigenvalue weighted by molar-refractivity contribution is -0.172. The first-order valence-corrected chi connectivity index (χ1v) is 10.6. The van der Waals surface area contributed by atoms with Crippen LogP contribution in [-0.4, -0.2) is 42.1 Å². The highest BCUT2D eigenvalue weighted by molar-refractivity contribution is 5.81. The minimum Gasteiger partial charge on any atom is -0.396 e. The zero-order valence-corrected chi connectivity index (χ0v) is 17.8. The molecule has 168 valence electrons. The second-order valence-electron chi connectivity index (χ2n) is 9.62. The third kappa shape index (κ3) is 4.98. The minimum atomic E-state index is -4.74. The molecule has 0 aromatic carbocycles. The van der Waals surface area contributed by atoms with Gasteiger partial charge in [-0.3, -0.25) is 4.79 Å². The van der Waals surface area contributed by atoms with Crippen LogP contribution in [0.25, 0.3) is 0 Å². The molecule has 6 atom stereocenters. The van der Waals surface area contributed by atoms with Gasteiger partial charge in [-0.25, -0.2) is 0 Å². The molecule has 0 saturated heterocycles. The van der Waals surface area contributed by atoms with Crippen LogP contribution in [-0.2, 0) is 4.79 Å². The molecule has 0 radical (unpaired) electrons. The number of carbonyl (C=O) groups excluding carboxylic acids is 1. The maximum Gasteiger partial charge on any atom is 0.471 e. The van der Waals surface area contributed by atoms with E-state index in [1.165, 1.54) is 43.0 Å². The molecular formula is C22H36F3NO3. The molecule has 3 rings (SSSR count). The average Bonchev–Trinajstić information content (AvgIpc) is 2.97. The number of carbonyl (C=O) groups is 1. The molecule has 7 heteroatoms. The van der Waals surface area contributed by atoms with Gasteiger partial charge in [-0.15, -0.1) is 0 Å². The average molecular weight is 420 g/mol. The van der Waals surface area contributed by atoms with Crippen molar-refractivity contribution in [1.29, 1.82) is 0 Å². The number of aliphatic hydroxyl groups is 2. The van der Waals surface area contributed by atoms with Crippen molar-refractivity contribution < 1.29 is 28.2 Å². The highest BCUT2D eigenvalue weighted by Gasteiger charge is 2.52. The number of fused-ring (bicyclic) bond motifs is 1. The number of hydrogen-bond donors (Lipinski definition) is 3. The Balaban J connectivity index is 0.000000321. The van der Waals surface area contributed by atoms with Crippen molar-refractivity contribution in [3.63, 3.8) is 0 Å². The predicted molar refractivity (Wildman–Crippen MR) is 106 cm³/mol. The fourth-order valence-electron chi connectivity index (χ4n) is 5.89. The number of allylic oxidation sites excluding steroid dienone is 1. The van der Waals surface area contributed by atoms with Crippen LogP contribution >= 0.6 is 0 Å². The summed E-state index contributed by atoms with van der Waals surface area (Å²) in [6, 6.07) is 0. The summed E-state index contributed by atoms with van der Waals surface area (Å²) in [5.74, 6) is -0.129. The monoisotopic (exact) mass is 419 g/mol. The van der Waals surface area contributed by atoms with Gasteiger partial charge in [0.25, 0.3) is 0 Å². The van der Waals surface area contributed by atoms with Crippen molar-refractivity contribution in [2.45, 2.75) is 77.5 Å². The summed E-state index contributed by atoms with van der Waals surface area (Å²) in [4.78, 5) is 9.60. The lowest BCUT2D eigenvalue weighted by Gasteiger charge is -2.52. The van der Waals surface area contributed by atoms with E-state index in [9.17, 15) is 28.2 Å². The number of alkyl halides is 3. The Bertz CT molecular complexity index is 609. The maximum absolute atomic E-state index is 11.0. The van der Waals surface area contributed by atoms with E-state index in [4.69, 9.17) is 0 Å². The van der Waals surface area contributed by atoms with E-state index in [0.717, 1.165) is 32.2 Å².